The van der Waals surface area contributed by atoms with Gasteiger partial charge in [-0.3, -0.25) is 9.59 Å². The fourth-order valence-electron chi connectivity index (χ4n) is 2.79. The number of nitrogens with one attached hydrogen (secondary N) is 2. The highest BCUT2D eigenvalue weighted by atomic mass is 16.5. The number of nitrogens with zero attached hydrogens (tertiary/aromatic N) is 1. The maximum absolute atomic E-state index is 12.2. The summed E-state index contributed by atoms with van der Waals surface area (Å²) in [6.45, 7) is 2.99. The Hall–Kier alpha value is -2.67. The predicted molar refractivity (Wildman–Crippen MR) is 91.5 cm³/mol. The summed E-state index contributed by atoms with van der Waals surface area (Å²) in [5, 5.41) is 2.80. The van der Waals surface area contributed by atoms with Crippen molar-refractivity contribution in [2.75, 3.05) is 13.7 Å². The summed E-state index contributed by atoms with van der Waals surface area (Å²) in [4.78, 5) is 31.3. The molecule has 0 atom stereocenters. The molecule has 7 heteroatoms. The largest absolute Gasteiger partial charge is 0.497 e. The van der Waals surface area contributed by atoms with Crippen molar-refractivity contribution in [3.63, 3.8) is 0 Å². The zero-order chi connectivity index (χ0) is 17.8. The van der Waals surface area contributed by atoms with Crippen LogP contribution in [0.5, 0.6) is 5.75 Å². The van der Waals surface area contributed by atoms with Crippen LogP contribution in [0.1, 0.15) is 28.2 Å². The maximum Gasteiger partial charge on any atom is 0.256 e. The van der Waals surface area contributed by atoms with Gasteiger partial charge in [-0.05, 0) is 30.2 Å². The number of aryl methyl sites for hydroxylation is 1. The average molecular weight is 343 g/mol. The van der Waals surface area contributed by atoms with E-state index in [1.807, 2.05) is 25.1 Å². The minimum absolute atomic E-state index is 0.128. The number of carbonyl (C=O) groups excluding carboxylic acids is 1. The highest BCUT2D eigenvalue weighted by molar-refractivity contribution is 5.78. The third kappa shape index (κ3) is 4.06. The molecule has 0 saturated carbocycles. The molecular formula is C18H21N3O4. The summed E-state index contributed by atoms with van der Waals surface area (Å²) < 4.78 is 10.4. The average Bonchev–Trinajstić information content (AvgIpc) is 2.62. The van der Waals surface area contributed by atoms with Gasteiger partial charge in [-0.15, -0.1) is 0 Å². The fourth-order valence-corrected chi connectivity index (χ4v) is 2.79. The summed E-state index contributed by atoms with van der Waals surface area (Å²) in [5.41, 5.74) is 3.07. The molecule has 1 amide bonds. The van der Waals surface area contributed by atoms with Gasteiger partial charge in [0.25, 0.3) is 5.56 Å². The van der Waals surface area contributed by atoms with Gasteiger partial charge in [-0.25, -0.2) is 4.98 Å². The molecule has 0 aliphatic carbocycles. The van der Waals surface area contributed by atoms with E-state index in [9.17, 15) is 9.59 Å². The molecule has 0 spiro atoms. The SMILES string of the molecule is COc1ccc(CC(=O)NCc2nc3c(c(=O)[nH]2)COCC3)c(C)c1. The number of aromatic amines is 1. The molecule has 2 aromatic rings. The smallest absolute Gasteiger partial charge is 0.256 e. The van der Waals surface area contributed by atoms with Gasteiger partial charge in [0.1, 0.15) is 11.6 Å². The lowest BCUT2D eigenvalue weighted by Gasteiger charge is -2.15. The number of methoxy groups -OCH3 is 1. The second-order valence-corrected chi connectivity index (χ2v) is 5.99. The molecule has 1 aromatic heterocycles. The topological polar surface area (TPSA) is 93.3 Å². The number of carbonyl (C=O) groups is 1. The molecule has 1 aromatic carbocycles. The molecule has 132 valence electrons. The van der Waals surface area contributed by atoms with Crippen molar-refractivity contribution in [1.29, 1.82) is 0 Å². The second kappa shape index (κ2) is 7.48. The number of hydrogen-bond acceptors (Lipinski definition) is 5. The number of rotatable bonds is 5. The highest BCUT2D eigenvalue weighted by Gasteiger charge is 2.16. The zero-order valence-electron chi connectivity index (χ0n) is 14.3. The fraction of sp³-hybridized carbons (Fsp3) is 0.389. The van der Waals surface area contributed by atoms with Crippen molar-refractivity contribution in [3.8, 4) is 5.75 Å². The molecule has 0 bridgehead atoms. The van der Waals surface area contributed by atoms with E-state index >= 15 is 0 Å². The van der Waals surface area contributed by atoms with E-state index in [4.69, 9.17) is 9.47 Å². The molecule has 25 heavy (non-hydrogen) atoms. The Morgan fingerprint density at radius 1 is 1.44 bits per heavy atom. The molecule has 0 saturated heterocycles. The first-order valence-electron chi connectivity index (χ1n) is 8.15. The minimum atomic E-state index is -0.194. The van der Waals surface area contributed by atoms with Crippen molar-refractivity contribution in [3.05, 3.63) is 56.8 Å². The molecule has 0 unspecified atom stereocenters. The maximum atomic E-state index is 12.2. The van der Waals surface area contributed by atoms with E-state index in [2.05, 4.69) is 15.3 Å². The van der Waals surface area contributed by atoms with Gasteiger partial charge in [-0.2, -0.15) is 0 Å². The summed E-state index contributed by atoms with van der Waals surface area (Å²) in [7, 11) is 1.61. The monoisotopic (exact) mass is 343 g/mol. The van der Waals surface area contributed by atoms with E-state index in [1.54, 1.807) is 7.11 Å². The first kappa shape index (κ1) is 17.2. The van der Waals surface area contributed by atoms with E-state index < -0.39 is 0 Å². The van der Waals surface area contributed by atoms with Crippen molar-refractivity contribution >= 4 is 5.91 Å². The van der Waals surface area contributed by atoms with Crippen LogP contribution in [0, 0.1) is 6.92 Å². The third-order valence-corrected chi connectivity index (χ3v) is 4.23. The van der Waals surface area contributed by atoms with E-state index in [0.29, 0.717) is 31.0 Å². The van der Waals surface area contributed by atoms with Crippen molar-refractivity contribution < 1.29 is 14.3 Å². The number of benzene rings is 1. The Morgan fingerprint density at radius 2 is 2.28 bits per heavy atom. The third-order valence-electron chi connectivity index (χ3n) is 4.23. The number of ether oxygens (including phenoxy) is 2. The van der Waals surface area contributed by atoms with Gasteiger partial charge in [0.05, 0.1) is 44.5 Å². The molecule has 1 aliphatic rings. The Kier molecular flexibility index (Phi) is 5.14. The normalized spacial score (nSPS) is 13.2. The van der Waals surface area contributed by atoms with Crippen LogP contribution in [0.25, 0.3) is 0 Å². The van der Waals surface area contributed by atoms with Gasteiger partial charge < -0.3 is 19.8 Å². The van der Waals surface area contributed by atoms with Crippen LogP contribution in [0.4, 0.5) is 0 Å². The van der Waals surface area contributed by atoms with E-state index in [-0.39, 0.29) is 24.4 Å². The van der Waals surface area contributed by atoms with E-state index in [1.165, 1.54) is 0 Å². The number of hydrogen-bond donors (Lipinski definition) is 2. The second-order valence-electron chi connectivity index (χ2n) is 5.99. The zero-order valence-corrected chi connectivity index (χ0v) is 14.3. The summed E-state index contributed by atoms with van der Waals surface area (Å²) in [5.74, 6) is 1.10. The number of aromatic nitrogens is 2. The summed E-state index contributed by atoms with van der Waals surface area (Å²) in [6.07, 6.45) is 0.879. The Morgan fingerprint density at radius 3 is 3.04 bits per heavy atom. The van der Waals surface area contributed by atoms with Gasteiger partial charge in [0.2, 0.25) is 5.91 Å². The Balaban J connectivity index is 1.63. The number of fused-ring (bicyclic) bond motifs is 1. The van der Waals surface area contributed by atoms with Crippen molar-refractivity contribution in [2.45, 2.75) is 32.9 Å². The van der Waals surface area contributed by atoms with Crippen LogP contribution in [0.15, 0.2) is 23.0 Å². The molecular weight excluding hydrogens is 322 g/mol. The molecule has 0 fully saturated rings. The van der Waals surface area contributed by atoms with Crippen LogP contribution >= 0.6 is 0 Å². The molecule has 0 radical (unpaired) electrons. The lowest BCUT2D eigenvalue weighted by Crippen LogP contribution is -2.30. The molecule has 2 heterocycles. The minimum Gasteiger partial charge on any atom is -0.497 e. The first-order valence-corrected chi connectivity index (χ1v) is 8.15. The van der Waals surface area contributed by atoms with Gasteiger partial charge in [-0.1, -0.05) is 6.07 Å². The lowest BCUT2D eigenvalue weighted by molar-refractivity contribution is -0.120. The van der Waals surface area contributed by atoms with E-state index in [0.717, 1.165) is 22.6 Å². The quantitative estimate of drug-likeness (QED) is 0.845. The molecule has 1 aliphatic heterocycles. The van der Waals surface area contributed by atoms with Gasteiger partial charge in [0, 0.05) is 6.42 Å². The highest BCUT2D eigenvalue weighted by Crippen LogP contribution is 2.17. The van der Waals surface area contributed by atoms with Crippen LogP contribution in [0.2, 0.25) is 0 Å². The van der Waals surface area contributed by atoms with Crippen LogP contribution in [-0.2, 0) is 35.5 Å². The van der Waals surface area contributed by atoms with Gasteiger partial charge in [0.15, 0.2) is 0 Å². The first-order chi connectivity index (χ1) is 12.1. The van der Waals surface area contributed by atoms with Crippen LogP contribution in [-0.4, -0.2) is 29.6 Å². The summed E-state index contributed by atoms with van der Waals surface area (Å²) in [6, 6.07) is 5.61. The standard InChI is InChI=1S/C18H21N3O4/c1-11-7-13(24-2)4-3-12(11)8-17(22)19-9-16-20-15-5-6-25-10-14(15)18(23)21-16/h3-4,7H,5-6,8-10H2,1-2H3,(H,19,22)(H,20,21,23). The van der Waals surface area contributed by atoms with Crippen LogP contribution < -0.4 is 15.6 Å². The number of H-pyrrole nitrogens is 1. The Bertz CT molecular complexity index is 845. The molecule has 7 nitrogen and oxygen atoms in total. The number of amides is 1. The molecule has 3 rings (SSSR count). The summed E-state index contributed by atoms with van der Waals surface area (Å²) >= 11 is 0. The molecule has 2 N–H and O–H groups in total. The van der Waals surface area contributed by atoms with Crippen molar-refractivity contribution in [1.82, 2.24) is 15.3 Å². The van der Waals surface area contributed by atoms with Gasteiger partial charge >= 0.3 is 0 Å². The predicted octanol–water partition coefficient (Wildman–Crippen LogP) is 1.02. The Labute approximate surface area is 145 Å². The van der Waals surface area contributed by atoms with Crippen molar-refractivity contribution in [2.24, 2.45) is 0 Å². The lowest BCUT2D eigenvalue weighted by atomic mass is 10.1. The van der Waals surface area contributed by atoms with Crippen LogP contribution in [0.3, 0.4) is 0 Å².